The summed E-state index contributed by atoms with van der Waals surface area (Å²) in [5.41, 5.74) is -0.352. The molecule has 1 unspecified atom stereocenters. The lowest BCUT2D eigenvalue weighted by Gasteiger charge is -2.56. The minimum Gasteiger partial charge on any atom is -0.371 e. The van der Waals surface area contributed by atoms with Crippen molar-refractivity contribution in [1.82, 2.24) is 24.9 Å². The van der Waals surface area contributed by atoms with Gasteiger partial charge in [-0.2, -0.15) is 18.3 Å². The number of carbonyl (C=O) groups is 5. The lowest BCUT2D eigenvalue weighted by atomic mass is 9.60. The van der Waals surface area contributed by atoms with Crippen LogP contribution in [0.3, 0.4) is 0 Å². The second-order valence-electron chi connectivity index (χ2n) is 16.2. The van der Waals surface area contributed by atoms with E-state index in [0.29, 0.717) is 11.6 Å². The fraction of sp³-hybridized carbons (Fsp3) is 0.475. The number of piperidine rings is 2. The molecule has 4 fully saturated rings. The van der Waals surface area contributed by atoms with Gasteiger partial charge in [0.15, 0.2) is 5.69 Å². The number of alkyl halides is 3. The molecule has 1 saturated carbocycles. The van der Waals surface area contributed by atoms with Crippen LogP contribution in [0.2, 0.25) is 0 Å². The second kappa shape index (κ2) is 14.0. The van der Waals surface area contributed by atoms with Crippen LogP contribution in [0.15, 0.2) is 48.8 Å². The summed E-state index contributed by atoms with van der Waals surface area (Å²) >= 11 is 0. The van der Waals surface area contributed by atoms with Crippen LogP contribution in [0.4, 0.5) is 35.9 Å². The van der Waals surface area contributed by atoms with E-state index >= 15 is 0 Å². The van der Waals surface area contributed by atoms with Crippen LogP contribution in [0, 0.1) is 12.0 Å². The maximum atomic E-state index is 13.5. The van der Waals surface area contributed by atoms with Crippen molar-refractivity contribution in [1.29, 1.82) is 0 Å². The number of benzene rings is 2. The highest BCUT2D eigenvalue weighted by Gasteiger charge is 2.49. The number of amides is 5. The van der Waals surface area contributed by atoms with E-state index in [2.05, 4.69) is 35.3 Å². The molecule has 5 heterocycles. The molecular formula is C40H42F3N9O5. The molecule has 5 amide bonds. The highest BCUT2D eigenvalue weighted by Crippen LogP contribution is 2.51. The molecule has 1 spiro atoms. The Kier molecular flexibility index (Phi) is 9.37. The predicted octanol–water partition coefficient (Wildman–Crippen LogP) is 4.80. The maximum absolute atomic E-state index is 13.5. The number of carbonyl (C=O) groups excluding carboxylic acids is 5. The third-order valence-corrected chi connectivity index (χ3v) is 12.5. The van der Waals surface area contributed by atoms with Crippen molar-refractivity contribution in [3.05, 3.63) is 76.9 Å². The molecular weight excluding hydrogens is 743 g/mol. The Morgan fingerprint density at radius 1 is 0.912 bits per heavy atom. The van der Waals surface area contributed by atoms with Crippen molar-refractivity contribution >= 4 is 52.3 Å². The summed E-state index contributed by atoms with van der Waals surface area (Å²) in [6, 6.07) is 7.90. The van der Waals surface area contributed by atoms with E-state index in [-0.39, 0.29) is 29.5 Å². The largest absolute Gasteiger partial charge is 0.407 e. The number of hydrogen-bond acceptors (Lipinski definition) is 9. The predicted molar refractivity (Wildman–Crippen MR) is 202 cm³/mol. The number of nitrogens with zero attached hydrogens (tertiary/aromatic N) is 7. The Balaban J connectivity index is 0.815. The molecule has 2 N–H and O–H groups in total. The van der Waals surface area contributed by atoms with Crippen molar-refractivity contribution in [3.63, 3.8) is 0 Å². The van der Waals surface area contributed by atoms with Crippen LogP contribution in [-0.2, 0) is 26.1 Å². The first kappa shape index (κ1) is 38.1. The smallest absolute Gasteiger partial charge is 0.371 e. The zero-order valence-corrected chi connectivity index (χ0v) is 31.6. The quantitative estimate of drug-likeness (QED) is 0.255. The van der Waals surface area contributed by atoms with E-state index in [4.69, 9.17) is 6.57 Å². The molecule has 17 heteroatoms. The molecule has 8 rings (SSSR count). The number of anilines is 3. The average molecular weight is 786 g/mol. The molecule has 4 aliphatic heterocycles. The summed E-state index contributed by atoms with van der Waals surface area (Å²) in [6.07, 6.45) is 3.22. The molecule has 5 aliphatic rings. The van der Waals surface area contributed by atoms with Gasteiger partial charge in [0, 0.05) is 69.3 Å². The Hall–Kier alpha value is -5.76. The van der Waals surface area contributed by atoms with Gasteiger partial charge in [0.2, 0.25) is 11.8 Å². The standard InChI is InChI=1S/C40H42F3N9O5/c1-38(2,37(57)46-24-4-7-31(44-3)30(18-24)40(41,42)43)51-23-27(22-45-51)50-16-14-49(15-17-50)26-20-39(21-26)10-12-48(13-11-39)25-5-6-28-29(19-25)36(56)52(35(28)55)32-8-9-33(53)47-34(32)54/h4-7,18-19,22-23,26,32H,8-17,20-21H2,1-2H3,(H,46,57)(H,47,53,54). The van der Waals surface area contributed by atoms with Gasteiger partial charge in [0.05, 0.1) is 35.1 Å². The molecule has 3 aromatic rings. The van der Waals surface area contributed by atoms with E-state index in [0.717, 1.165) is 93.4 Å². The van der Waals surface area contributed by atoms with Gasteiger partial charge in [-0.15, -0.1) is 0 Å². The van der Waals surface area contributed by atoms with Crippen LogP contribution in [-0.4, -0.2) is 100 Å². The number of nitrogens with one attached hydrogen (secondary N) is 2. The fourth-order valence-corrected chi connectivity index (χ4v) is 8.96. The third-order valence-electron chi connectivity index (χ3n) is 12.5. The van der Waals surface area contributed by atoms with Crippen molar-refractivity contribution in [2.75, 3.05) is 54.4 Å². The second-order valence-corrected chi connectivity index (χ2v) is 16.2. The van der Waals surface area contributed by atoms with Gasteiger partial charge in [-0.05, 0) is 81.7 Å². The summed E-state index contributed by atoms with van der Waals surface area (Å²) in [6.45, 7) is 15.3. The number of piperazine rings is 1. The van der Waals surface area contributed by atoms with Gasteiger partial charge in [-0.3, -0.25) is 43.8 Å². The lowest BCUT2D eigenvalue weighted by Crippen LogP contribution is -2.59. The van der Waals surface area contributed by atoms with Gasteiger partial charge in [0.1, 0.15) is 11.6 Å². The Bertz CT molecular complexity index is 2200. The van der Waals surface area contributed by atoms with Crippen LogP contribution >= 0.6 is 0 Å². The summed E-state index contributed by atoms with van der Waals surface area (Å²) in [5.74, 6) is -2.59. The lowest BCUT2D eigenvalue weighted by molar-refractivity contribution is -0.137. The molecule has 1 atom stereocenters. The number of halogens is 3. The number of imide groups is 2. The number of aromatic nitrogens is 2. The minimum absolute atomic E-state index is 0.0586. The molecule has 2 aromatic carbocycles. The molecule has 298 valence electrons. The van der Waals surface area contributed by atoms with E-state index < -0.39 is 58.5 Å². The van der Waals surface area contributed by atoms with Crippen LogP contribution in [0.25, 0.3) is 4.85 Å². The van der Waals surface area contributed by atoms with Gasteiger partial charge in [0.25, 0.3) is 17.7 Å². The molecule has 0 radical (unpaired) electrons. The van der Waals surface area contributed by atoms with Crippen molar-refractivity contribution in [3.8, 4) is 0 Å². The number of rotatable bonds is 7. The van der Waals surface area contributed by atoms with Crippen LogP contribution < -0.4 is 20.4 Å². The van der Waals surface area contributed by atoms with Gasteiger partial charge < -0.3 is 15.1 Å². The highest BCUT2D eigenvalue weighted by molar-refractivity contribution is 6.23. The molecule has 14 nitrogen and oxygen atoms in total. The molecule has 0 bridgehead atoms. The number of fused-ring (bicyclic) bond motifs is 1. The Morgan fingerprint density at radius 3 is 2.26 bits per heavy atom. The Morgan fingerprint density at radius 2 is 1.60 bits per heavy atom. The third kappa shape index (κ3) is 6.89. The van der Waals surface area contributed by atoms with Crippen LogP contribution in [0.5, 0.6) is 0 Å². The minimum atomic E-state index is -4.73. The van der Waals surface area contributed by atoms with Gasteiger partial charge >= 0.3 is 6.18 Å². The average Bonchev–Trinajstić information content (AvgIpc) is 3.77. The molecule has 1 aromatic heterocycles. The normalized spacial score (nSPS) is 21.7. The first-order chi connectivity index (χ1) is 27.1. The van der Waals surface area contributed by atoms with Crippen molar-refractivity contribution in [2.45, 2.75) is 76.2 Å². The summed E-state index contributed by atoms with van der Waals surface area (Å²) < 4.78 is 41.9. The maximum Gasteiger partial charge on any atom is 0.407 e. The van der Waals surface area contributed by atoms with E-state index in [1.165, 1.54) is 10.7 Å². The Labute approximate surface area is 326 Å². The van der Waals surface area contributed by atoms with Crippen LogP contribution in [0.1, 0.15) is 78.7 Å². The fourth-order valence-electron chi connectivity index (χ4n) is 8.96. The van der Waals surface area contributed by atoms with Gasteiger partial charge in [-0.25, -0.2) is 4.85 Å². The zero-order valence-electron chi connectivity index (χ0n) is 31.6. The van der Waals surface area contributed by atoms with Crippen molar-refractivity contribution < 1.29 is 37.1 Å². The topological polar surface area (TPSA) is 145 Å². The van der Waals surface area contributed by atoms with Crippen molar-refractivity contribution in [2.24, 2.45) is 5.41 Å². The summed E-state index contributed by atoms with van der Waals surface area (Å²) in [4.78, 5) is 74.8. The van der Waals surface area contributed by atoms with E-state index in [1.807, 2.05) is 6.07 Å². The number of hydrogen-bond donors (Lipinski definition) is 2. The first-order valence-corrected chi connectivity index (χ1v) is 19.1. The monoisotopic (exact) mass is 785 g/mol. The SMILES string of the molecule is [C-]#[N+]c1ccc(NC(=O)C(C)(C)n2cc(N3CCN(C4CC5(CCN(c6ccc7c(c6)C(=O)N(C6CCC(=O)NC6=O)C7=O)CC5)C4)CC3)cn2)cc1C(F)(F)F. The molecule has 1 aliphatic carbocycles. The molecule has 57 heavy (non-hydrogen) atoms. The summed E-state index contributed by atoms with van der Waals surface area (Å²) in [7, 11) is 0. The van der Waals surface area contributed by atoms with Gasteiger partial charge in [-0.1, -0.05) is 6.07 Å². The zero-order chi connectivity index (χ0) is 40.4. The summed E-state index contributed by atoms with van der Waals surface area (Å²) in [5, 5.41) is 9.23. The highest BCUT2D eigenvalue weighted by atomic mass is 19.4. The van der Waals surface area contributed by atoms with E-state index in [9.17, 15) is 37.1 Å². The molecule has 3 saturated heterocycles. The van der Waals surface area contributed by atoms with E-state index in [1.54, 1.807) is 38.4 Å². The first-order valence-electron chi connectivity index (χ1n) is 19.1.